The summed E-state index contributed by atoms with van der Waals surface area (Å²) in [7, 11) is 0. The number of nitrogens with zero attached hydrogens (tertiary/aromatic N) is 4. The molecule has 0 spiro atoms. The molecule has 0 atom stereocenters. The van der Waals surface area contributed by atoms with Crippen LogP contribution in [0, 0.1) is 0 Å². The van der Waals surface area contributed by atoms with E-state index >= 15 is 0 Å². The van der Waals surface area contributed by atoms with Gasteiger partial charge in [-0.1, -0.05) is 0 Å². The van der Waals surface area contributed by atoms with Crippen molar-refractivity contribution in [1.29, 1.82) is 0 Å². The Morgan fingerprint density at radius 2 is 0.400 bits per heavy atom. The van der Waals surface area contributed by atoms with Gasteiger partial charge in [-0.2, -0.15) is 0 Å². The Hall–Kier alpha value is -5.47. The molecule has 0 aliphatic carbocycles. The van der Waals surface area contributed by atoms with Crippen molar-refractivity contribution in [3.05, 3.63) is 118 Å². The summed E-state index contributed by atoms with van der Waals surface area (Å²) < 4.78 is 0. The fraction of sp³-hybridized carbons (Fsp3) is 0. The van der Waals surface area contributed by atoms with Gasteiger partial charge in [-0.05, 0) is 48.5 Å². The first kappa shape index (κ1) is 86.4. The van der Waals surface area contributed by atoms with Crippen molar-refractivity contribution in [1.82, 2.24) is 19.9 Å². The van der Waals surface area contributed by atoms with Crippen LogP contribution in [0.25, 0.3) is 0 Å². The minimum atomic E-state index is -1.44. The first-order valence-electron chi connectivity index (χ1n) is 12.0. The normalized spacial score (nSPS) is 7.47. The van der Waals surface area contributed by atoms with Crippen LogP contribution in [0.2, 0.25) is 0 Å². The molecule has 0 aromatic carbocycles. The number of pyridine rings is 4. The molecule has 0 aliphatic rings. The quantitative estimate of drug-likeness (QED) is 0.117. The van der Waals surface area contributed by atoms with Crippen molar-refractivity contribution in [2.24, 2.45) is 0 Å². The minimum absolute atomic E-state index is 0. The van der Waals surface area contributed by atoms with Crippen molar-refractivity contribution in [2.75, 3.05) is 0 Å². The minimum Gasteiger partial charge on any atom is -0.545 e. The van der Waals surface area contributed by atoms with Crippen LogP contribution < -0.4 is 40.9 Å². The third-order valence-corrected chi connectivity index (χ3v) is 4.83. The summed E-state index contributed by atoms with van der Waals surface area (Å²) in [4.78, 5) is 94.5. The Kier molecular flexibility index (Phi) is 62.1. The molecule has 0 radical (unpaired) electrons. The summed E-state index contributed by atoms with van der Waals surface area (Å²) >= 11 is 0. The molecule has 24 N–H and O–H groups in total. The summed E-state index contributed by atoms with van der Waals surface area (Å²) in [6.07, 6.45) is 3.61. The van der Waals surface area contributed by atoms with Gasteiger partial charge in [-0.15, -0.1) is 0 Å². The van der Waals surface area contributed by atoms with E-state index in [0.717, 1.165) is 73.3 Å². The Morgan fingerprint density at radius 1 is 0.267 bits per heavy atom. The van der Waals surface area contributed by atoms with Crippen LogP contribution in [-0.4, -0.2) is 67.7 Å². The van der Waals surface area contributed by atoms with Gasteiger partial charge < -0.3 is 123 Å². The van der Waals surface area contributed by atoms with E-state index < -0.39 is 47.8 Å². The topological polar surface area (TPSA) is 637 Å². The van der Waals surface area contributed by atoms with E-state index in [1.54, 1.807) is 0 Å². The monoisotopic (exact) mass is 1070 g/mol. The molecule has 0 aliphatic heterocycles. The molecule has 0 fully saturated rings. The Morgan fingerprint density at radius 3 is 0.467 bits per heavy atom. The molecule has 4 rings (SSSR count). The number of carbonyl (C=O) groups excluding carboxylic acids is 8. The molecule has 4 heterocycles. The molecular formula is C28H36N4O24Zn4+8. The van der Waals surface area contributed by atoms with Gasteiger partial charge >= 0.3 is 77.9 Å². The van der Waals surface area contributed by atoms with E-state index in [9.17, 15) is 79.2 Å². The van der Waals surface area contributed by atoms with Crippen LogP contribution in [0.15, 0.2) is 73.3 Å². The molecule has 0 amide bonds. The van der Waals surface area contributed by atoms with Crippen LogP contribution in [0.5, 0.6) is 0 Å². The third kappa shape index (κ3) is 31.5. The second-order valence-electron chi connectivity index (χ2n) is 8.03. The van der Waals surface area contributed by atoms with Gasteiger partial charge in [0.1, 0.15) is 0 Å². The molecular weight excluding hydrogens is 1040 g/mol. The van der Waals surface area contributed by atoms with E-state index in [0.29, 0.717) is 0 Å². The maximum absolute atomic E-state index is 10.2. The first-order valence-corrected chi connectivity index (χ1v) is 12.0. The molecule has 4 aromatic rings. The number of carboxylic acids is 8. The van der Waals surface area contributed by atoms with Crippen molar-refractivity contribution in [2.45, 2.75) is 0 Å². The van der Waals surface area contributed by atoms with Gasteiger partial charge in [0.25, 0.3) is 0 Å². The van der Waals surface area contributed by atoms with E-state index in [1.807, 2.05) is 0 Å². The van der Waals surface area contributed by atoms with Gasteiger partial charge in [-0.3, -0.25) is 19.9 Å². The molecule has 60 heavy (non-hydrogen) atoms. The molecule has 0 saturated carbocycles. The molecule has 32 heteroatoms. The molecule has 0 unspecified atom stereocenters. The number of hydrogen-bond acceptors (Lipinski definition) is 20. The van der Waals surface area contributed by atoms with Crippen molar-refractivity contribution in [3.63, 3.8) is 0 Å². The van der Waals surface area contributed by atoms with Gasteiger partial charge in [-0.25, -0.2) is 0 Å². The summed E-state index contributed by atoms with van der Waals surface area (Å²) in [5.41, 5.74) is -1.89. The smallest absolute Gasteiger partial charge is 0.545 e. The van der Waals surface area contributed by atoms with Crippen LogP contribution in [0.1, 0.15) is 83.4 Å². The zero-order chi connectivity index (χ0) is 36.6. The second-order valence-corrected chi connectivity index (χ2v) is 8.03. The fourth-order valence-corrected chi connectivity index (χ4v) is 2.54. The van der Waals surface area contributed by atoms with Crippen LogP contribution in [0.4, 0.5) is 0 Å². The maximum atomic E-state index is 10.2. The third-order valence-electron chi connectivity index (χ3n) is 4.83. The number of carboxylic acid groups (broad SMARTS) is 8. The number of rotatable bonds is 8. The molecule has 0 saturated heterocycles. The fourth-order valence-electron chi connectivity index (χ4n) is 2.54. The van der Waals surface area contributed by atoms with Gasteiger partial charge in [0.2, 0.25) is 0 Å². The second kappa shape index (κ2) is 43.1. The van der Waals surface area contributed by atoms with Crippen LogP contribution >= 0.6 is 0 Å². The van der Waals surface area contributed by atoms with E-state index in [4.69, 9.17) is 0 Å². The van der Waals surface area contributed by atoms with Gasteiger partial charge in [0.05, 0.1) is 70.5 Å². The summed E-state index contributed by atoms with van der Waals surface area (Å²) in [6.45, 7) is 0. The summed E-state index contributed by atoms with van der Waals surface area (Å²) in [5.74, 6) is -11.4. The average molecular weight is 1070 g/mol. The summed E-state index contributed by atoms with van der Waals surface area (Å²) in [6, 6.07) is 8.53. The molecule has 28 nitrogen and oxygen atoms in total. The van der Waals surface area contributed by atoms with E-state index in [-0.39, 0.29) is 167 Å². The zero-order valence-corrected chi connectivity index (χ0v) is 42.6. The Bertz CT molecular complexity index is 1440. The van der Waals surface area contributed by atoms with Crippen molar-refractivity contribution < 1.29 is 201 Å². The van der Waals surface area contributed by atoms with Gasteiger partial charge in [0, 0.05) is 47.0 Å². The SMILES string of the molecule is O=C([O-])c1ccc(C(=O)[O-])nc1.O=C([O-])c1ccc(C(=O)[O-])nc1.O=C([O-])c1ccc(C(=O)[O-])nc1.O=C([O-])c1ccc(C(=O)[O-])nc1.[OH3+].[OH3+].[OH3+].[OH3+].[OH3+].[OH3+].[OH3+].[OH3+].[Zn+2].[Zn+2].[Zn+2].[Zn+2]. The van der Waals surface area contributed by atoms with Crippen LogP contribution in [0.3, 0.4) is 0 Å². The molecule has 0 bridgehead atoms. The maximum Gasteiger partial charge on any atom is 2.00 e. The Balaban J connectivity index is -0.0000000480. The molecule has 312 valence electrons. The van der Waals surface area contributed by atoms with E-state index in [2.05, 4.69) is 19.9 Å². The van der Waals surface area contributed by atoms with Gasteiger partial charge in [0.15, 0.2) is 0 Å². The summed E-state index contributed by atoms with van der Waals surface area (Å²) in [5, 5.41) is 81.3. The van der Waals surface area contributed by atoms with Crippen molar-refractivity contribution in [3.8, 4) is 0 Å². The molecule has 4 aromatic heterocycles. The Labute approximate surface area is 384 Å². The number of aromatic nitrogens is 4. The van der Waals surface area contributed by atoms with Crippen molar-refractivity contribution >= 4 is 47.8 Å². The first-order chi connectivity index (χ1) is 22.4. The standard InChI is InChI=1S/4C7H5NO4.8H2O.4Zn/c4*9-6(10)4-1-2-5(7(11)12)8-3-4;;;;;;;;;;;;/h4*1-3H,(H,9,10)(H,11,12);8*1H2;;;;/q;;;;;;;;;;;;4*+2. The van der Waals surface area contributed by atoms with E-state index in [1.165, 1.54) is 0 Å². The number of aromatic carboxylic acids is 8. The largest absolute Gasteiger partial charge is 2.00 e. The number of carbonyl (C=O) groups is 8. The number of hydrogen-bond donors (Lipinski definition) is 0. The predicted molar refractivity (Wildman–Crippen MR) is 171 cm³/mol. The zero-order valence-electron chi connectivity index (χ0n) is 30.7. The van der Waals surface area contributed by atoms with Crippen LogP contribution in [-0.2, 0) is 122 Å². The predicted octanol–water partition coefficient (Wildman–Crippen LogP) is -16.2. The average Bonchev–Trinajstić information content (AvgIpc) is 3.05.